The van der Waals surface area contributed by atoms with Gasteiger partial charge in [-0.1, -0.05) is 55.8 Å². The fraction of sp³-hybridized carbons (Fsp3) is 0.700. The van der Waals surface area contributed by atoms with E-state index in [1.807, 2.05) is 4.90 Å². The third-order valence-corrected chi connectivity index (χ3v) is 11.5. The van der Waals surface area contributed by atoms with Gasteiger partial charge in [0, 0.05) is 44.1 Å². The van der Waals surface area contributed by atoms with Gasteiger partial charge in [0.25, 0.3) is 0 Å². The van der Waals surface area contributed by atoms with E-state index in [-0.39, 0.29) is 75.6 Å². The smallest absolute Gasteiger partial charge is 0.239 e. The number of carbonyl (C=O) groups excluding carboxylic acids is 1. The van der Waals surface area contributed by atoms with Gasteiger partial charge in [0.15, 0.2) is 0 Å². The topological polar surface area (TPSA) is 151 Å². The number of carbonyl (C=O) groups is 1. The fourth-order valence-electron chi connectivity index (χ4n) is 9.32. The summed E-state index contributed by atoms with van der Waals surface area (Å²) in [6.45, 7) is 4.95. The lowest BCUT2D eigenvalue weighted by Crippen LogP contribution is -2.70. The number of oxime groups is 1. The van der Waals surface area contributed by atoms with Crippen molar-refractivity contribution in [1.82, 2.24) is 4.90 Å². The summed E-state index contributed by atoms with van der Waals surface area (Å²) in [5, 5.41) is 44.4. The Labute approximate surface area is 303 Å². The largest absolute Gasteiger partial charge is 0.508 e. The SMILES string of the molecule is C=CCO[C@@]12Oc3ccc(O)cc3[C@H]3[C@H](CCCCO)[C@@H](CCCCO)C=C(C(=NOC)C[C@@H]1N(CCOCCO)C(=O)CCC1CCCC1)[C@H]32. The van der Waals surface area contributed by atoms with Gasteiger partial charge >= 0.3 is 0 Å². The molecule has 2 fully saturated rings. The van der Waals surface area contributed by atoms with Gasteiger partial charge in [0.05, 0.1) is 38.1 Å². The van der Waals surface area contributed by atoms with Crippen molar-refractivity contribution in [2.24, 2.45) is 28.8 Å². The fourth-order valence-corrected chi connectivity index (χ4v) is 9.32. The van der Waals surface area contributed by atoms with E-state index in [4.69, 9.17) is 19.0 Å². The first-order valence-corrected chi connectivity index (χ1v) is 19.2. The minimum Gasteiger partial charge on any atom is -0.508 e. The predicted octanol–water partition coefficient (Wildman–Crippen LogP) is 5.46. The number of hydrogen-bond acceptors (Lipinski definition) is 10. The molecule has 1 aliphatic heterocycles. The Bertz CT molecular complexity index is 1340. The Balaban J connectivity index is 1.68. The van der Waals surface area contributed by atoms with Crippen molar-refractivity contribution in [3.8, 4) is 11.5 Å². The molecule has 11 nitrogen and oxygen atoms in total. The Hall–Kier alpha value is -2.96. The summed E-state index contributed by atoms with van der Waals surface area (Å²) >= 11 is 0. The number of unbranched alkanes of at least 4 members (excludes halogenated alkanes) is 2. The molecule has 2 saturated carbocycles. The van der Waals surface area contributed by atoms with Crippen molar-refractivity contribution in [2.45, 2.75) is 101 Å². The summed E-state index contributed by atoms with van der Waals surface area (Å²) in [6.07, 6.45) is 14.9. The molecular formula is C40H60N2O9. The van der Waals surface area contributed by atoms with Gasteiger partial charge in [-0.05, 0) is 73.6 Å². The van der Waals surface area contributed by atoms with Gasteiger partial charge in [-0.25, -0.2) is 0 Å². The van der Waals surface area contributed by atoms with Crippen molar-refractivity contribution >= 4 is 11.6 Å². The summed E-state index contributed by atoms with van der Waals surface area (Å²) in [7, 11) is 1.54. The van der Waals surface area contributed by atoms with E-state index in [9.17, 15) is 25.2 Å². The molecule has 0 radical (unpaired) electrons. The van der Waals surface area contributed by atoms with Crippen LogP contribution in [0.1, 0.15) is 95.0 Å². The molecule has 0 saturated heterocycles. The zero-order chi connectivity index (χ0) is 36.2. The van der Waals surface area contributed by atoms with Crippen LogP contribution in [0.4, 0.5) is 0 Å². The predicted molar refractivity (Wildman–Crippen MR) is 194 cm³/mol. The van der Waals surface area contributed by atoms with Crippen LogP contribution in [0.5, 0.6) is 11.5 Å². The second kappa shape index (κ2) is 19.2. The first-order chi connectivity index (χ1) is 24.9. The van der Waals surface area contributed by atoms with Crippen molar-refractivity contribution in [1.29, 1.82) is 0 Å². The number of phenolic OH excluding ortho intramolecular Hbond substituents is 1. The zero-order valence-corrected chi connectivity index (χ0v) is 30.4. The molecule has 4 aliphatic rings. The van der Waals surface area contributed by atoms with E-state index in [1.165, 1.54) is 20.0 Å². The van der Waals surface area contributed by atoms with E-state index >= 15 is 0 Å². The van der Waals surface area contributed by atoms with E-state index in [2.05, 4.69) is 17.8 Å². The molecule has 1 amide bonds. The highest BCUT2D eigenvalue weighted by Crippen LogP contribution is 2.61. The number of aliphatic hydroxyl groups is 3. The van der Waals surface area contributed by atoms with Crippen molar-refractivity contribution in [3.05, 3.63) is 48.1 Å². The van der Waals surface area contributed by atoms with Crippen LogP contribution in [-0.4, -0.2) is 102 Å². The van der Waals surface area contributed by atoms with Crippen LogP contribution in [0, 0.1) is 23.7 Å². The number of fused-ring (bicyclic) bond motifs is 2. The average Bonchev–Trinajstić information content (AvgIpc) is 3.66. The molecule has 5 rings (SSSR count). The molecule has 11 heteroatoms. The molecule has 0 unspecified atom stereocenters. The van der Waals surface area contributed by atoms with E-state index < -0.39 is 17.7 Å². The first kappa shape index (κ1) is 39.3. The lowest BCUT2D eigenvalue weighted by atomic mass is 9.55. The molecule has 6 atom stereocenters. The highest BCUT2D eigenvalue weighted by Gasteiger charge is 2.65. The molecule has 1 aromatic rings. The van der Waals surface area contributed by atoms with Gasteiger partial charge in [0.1, 0.15) is 24.7 Å². The van der Waals surface area contributed by atoms with Crippen LogP contribution in [0.15, 0.2) is 47.7 Å². The summed E-state index contributed by atoms with van der Waals surface area (Å²) in [6, 6.07) is 4.61. The Morgan fingerprint density at radius 2 is 1.82 bits per heavy atom. The summed E-state index contributed by atoms with van der Waals surface area (Å²) in [4.78, 5) is 21.9. The number of allylic oxidation sites excluding steroid dienone is 1. The van der Waals surface area contributed by atoms with E-state index in [1.54, 1.807) is 24.3 Å². The Morgan fingerprint density at radius 3 is 2.53 bits per heavy atom. The number of phenols is 1. The zero-order valence-electron chi connectivity index (χ0n) is 30.4. The summed E-state index contributed by atoms with van der Waals surface area (Å²) in [5.41, 5.74) is 2.57. The normalized spacial score (nSPS) is 27.7. The first-order valence-electron chi connectivity index (χ1n) is 19.2. The van der Waals surface area contributed by atoms with Crippen LogP contribution < -0.4 is 4.74 Å². The third kappa shape index (κ3) is 8.99. The van der Waals surface area contributed by atoms with Crippen molar-refractivity contribution in [3.63, 3.8) is 0 Å². The quantitative estimate of drug-likeness (QED) is 0.0740. The maximum atomic E-state index is 14.5. The molecule has 3 aliphatic carbocycles. The number of amides is 1. The Morgan fingerprint density at radius 1 is 1.06 bits per heavy atom. The number of aliphatic hydroxyl groups excluding tert-OH is 3. The van der Waals surface area contributed by atoms with E-state index in [0.717, 1.165) is 61.8 Å². The molecule has 1 aromatic carbocycles. The minimum absolute atomic E-state index is 0.000823. The Kier molecular flexibility index (Phi) is 14.8. The second-order valence-electron chi connectivity index (χ2n) is 14.6. The van der Waals surface area contributed by atoms with Gasteiger partial charge < -0.3 is 44.4 Å². The molecule has 0 spiro atoms. The minimum atomic E-state index is -1.34. The van der Waals surface area contributed by atoms with Crippen LogP contribution in [0.2, 0.25) is 0 Å². The van der Waals surface area contributed by atoms with Crippen LogP contribution in [-0.2, 0) is 19.1 Å². The van der Waals surface area contributed by atoms with E-state index in [0.29, 0.717) is 37.4 Å². The molecule has 1 heterocycles. The number of nitrogens with zero attached hydrogens (tertiary/aromatic N) is 2. The molecule has 0 bridgehead atoms. The number of rotatable bonds is 21. The number of benzene rings is 1. The lowest BCUT2D eigenvalue weighted by Gasteiger charge is -2.60. The maximum Gasteiger partial charge on any atom is 0.239 e. The van der Waals surface area contributed by atoms with Gasteiger partial charge in [-0.2, -0.15) is 0 Å². The standard InChI is InChI=1S/C40H60N2O9/c1-3-22-50-40-36(42(18-23-49-24-21-45)37(47)17-14-28-10-4-5-11-28)27-34(41-48-2)32-25-29(12-6-8-19-43)31(13-7-9-20-44)38(39(32)40)33-26-30(46)15-16-35(33)51-40/h3,15-16,25-26,28-29,31,36,38-39,43-46H,1,4-14,17-24,27H2,2H3/t29-,31+,36-,38+,39+,40+/m0/s1. The van der Waals surface area contributed by atoms with Crippen molar-refractivity contribution < 1.29 is 44.3 Å². The summed E-state index contributed by atoms with van der Waals surface area (Å²) in [5.74, 6) is -0.463. The number of ether oxygens (including phenoxy) is 3. The highest BCUT2D eigenvalue weighted by molar-refractivity contribution is 6.03. The van der Waals surface area contributed by atoms with Crippen molar-refractivity contribution in [2.75, 3.05) is 53.3 Å². The van der Waals surface area contributed by atoms with Crippen LogP contribution in [0.25, 0.3) is 0 Å². The van der Waals surface area contributed by atoms with Gasteiger partial charge in [-0.15, -0.1) is 6.58 Å². The van der Waals surface area contributed by atoms with Gasteiger partial charge in [-0.3, -0.25) is 4.79 Å². The van der Waals surface area contributed by atoms with Crippen LogP contribution >= 0.6 is 0 Å². The number of aromatic hydroxyl groups is 1. The molecule has 284 valence electrons. The molecule has 51 heavy (non-hydrogen) atoms. The maximum absolute atomic E-state index is 14.5. The third-order valence-electron chi connectivity index (χ3n) is 11.5. The highest BCUT2D eigenvalue weighted by atomic mass is 16.7. The van der Waals surface area contributed by atoms with Gasteiger partial charge in [0.2, 0.25) is 11.7 Å². The lowest BCUT2D eigenvalue weighted by molar-refractivity contribution is -0.258. The monoisotopic (exact) mass is 712 g/mol. The van der Waals surface area contributed by atoms with Crippen LogP contribution in [0.3, 0.4) is 0 Å². The number of hydrogen-bond donors (Lipinski definition) is 4. The molecule has 4 N–H and O–H groups in total. The molecular weight excluding hydrogens is 652 g/mol. The average molecular weight is 713 g/mol. The summed E-state index contributed by atoms with van der Waals surface area (Å²) < 4.78 is 19.8. The second-order valence-corrected chi connectivity index (χ2v) is 14.6. The molecule has 0 aromatic heterocycles.